The highest BCUT2D eigenvalue weighted by Crippen LogP contribution is 2.63. The van der Waals surface area contributed by atoms with E-state index in [0.29, 0.717) is 18.1 Å². The van der Waals surface area contributed by atoms with Gasteiger partial charge in [0.2, 0.25) is 0 Å². The maximum absolute atomic E-state index is 12.2. The van der Waals surface area contributed by atoms with E-state index in [0.717, 1.165) is 23.9 Å². The number of ketones is 1. The smallest absolute Gasteiger partial charge is 0.158 e. The molecule has 2 aliphatic carbocycles. The maximum Gasteiger partial charge on any atom is 0.158 e. The third-order valence-corrected chi connectivity index (χ3v) is 5.92. The highest BCUT2D eigenvalue weighted by atomic mass is 16.1. The summed E-state index contributed by atoms with van der Waals surface area (Å²) in [6, 6.07) is 4.28. The Hall–Kier alpha value is -1.90. The molecule has 2 unspecified atom stereocenters. The van der Waals surface area contributed by atoms with Crippen molar-refractivity contribution >= 4 is 22.3 Å². The molecule has 0 radical (unpaired) electrons. The Kier molecular flexibility index (Phi) is 2.48. The number of nitrogens with zero attached hydrogens (tertiary/aromatic N) is 1. The number of nitrogens with one attached hydrogen (secondary N) is 1. The predicted molar refractivity (Wildman–Crippen MR) is 84.1 cm³/mol. The maximum atomic E-state index is 12.2. The van der Waals surface area contributed by atoms with Crippen molar-refractivity contribution in [1.29, 1.82) is 0 Å². The molecular formula is C18H20N2O. The zero-order valence-electron chi connectivity index (χ0n) is 12.8. The average Bonchev–Trinajstić information content (AvgIpc) is 3.05. The molecule has 4 rings (SSSR count). The van der Waals surface area contributed by atoms with Gasteiger partial charge in [-0.2, -0.15) is 5.10 Å². The minimum Gasteiger partial charge on any atom is -0.295 e. The molecule has 1 aromatic carbocycles. The van der Waals surface area contributed by atoms with Crippen LogP contribution in [0.1, 0.15) is 57.1 Å². The van der Waals surface area contributed by atoms with Crippen LogP contribution in [0, 0.1) is 5.41 Å². The quantitative estimate of drug-likeness (QED) is 0.850. The van der Waals surface area contributed by atoms with E-state index in [4.69, 9.17) is 0 Å². The van der Waals surface area contributed by atoms with Crippen molar-refractivity contribution < 1.29 is 4.79 Å². The summed E-state index contributed by atoms with van der Waals surface area (Å²) in [5.74, 6) is 0.762. The lowest BCUT2D eigenvalue weighted by Crippen LogP contribution is -2.29. The van der Waals surface area contributed by atoms with E-state index in [1.807, 2.05) is 13.1 Å². The van der Waals surface area contributed by atoms with E-state index in [-0.39, 0.29) is 5.41 Å². The first kappa shape index (κ1) is 12.8. The van der Waals surface area contributed by atoms with Crippen LogP contribution in [0.3, 0.4) is 0 Å². The van der Waals surface area contributed by atoms with Gasteiger partial charge in [0.05, 0.1) is 11.7 Å². The van der Waals surface area contributed by atoms with Gasteiger partial charge in [-0.15, -0.1) is 0 Å². The monoisotopic (exact) mass is 280 g/mol. The summed E-state index contributed by atoms with van der Waals surface area (Å²) in [4.78, 5) is 12.2. The van der Waals surface area contributed by atoms with Crippen LogP contribution in [-0.2, 0) is 4.79 Å². The van der Waals surface area contributed by atoms with Crippen molar-refractivity contribution in [3.8, 4) is 0 Å². The molecule has 0 fully saturated rings. The molecule has 3 heteroatoms. The highest BCUT2D eigenvalue weighted by molar-refractivity contribution is 6.07. The molecule has 0 saturated carbocycles. The Morgan fingerprint density at radius 3 is 3.00 bits per heavy atom. The number of aromatic amines is 1. The van der Waals surface area contributed by atoms with Gasteiger partial charge in [0.15, 0.2) is 5.78 Å². The Balaban J connectivity index is 2.12. The van der Waals surface area contributed by atoms with E-state index < -0.39 is 0 Å². The number of Topliss-reactive ketones (excluding diaryl/α,β-unsaturated/α-hetero) is 1. The topological polar surface area (TPSA) is 45.8 Å². The van der Waals surface area contributed by atoms with Crippen LogP contribution in [-0.4, -0.2) is 16.0 Å². The number of rotatable bonds is 1. The van der Waals surface area contributed by atoms with Gasteiger partial charge in [-0.05, 0) is 54.0 Å². The van der Waals surface area contributed by atoms with Gasteiger partial charge < -0.3 is 0 Å². The highest BCUT2D eigenvalue weighted by Gasteiger charge is 2.50. The molecular weight excluding hydrogens is 260 g/mol. The van der Waals surface area contributed by atoms with Crippen LogP contribution in [0.15, 0.2) is 23.9 Å². The summed E-state index contributed by atoms with van der Waals surface area (Å²) in [6.45, 7) is 6.60. The second-order valence-electron chi connectivity index (χ2n) is 6.51. The van der Waals surface area contributed by atoms with Gasteiger partial charge in [0, 0.05) is 17.2 Å². The fraction of sp³-hybridized carbons (Fsp3) is 0.444. The zero-order chi connectivity index (χ0) is 14.8. The van der Waals surface area contributed by atoms with Crippen LogP contribution in [0.25, 0.3) is 16.5 Å². The molecule has 2 aromatic rings. The van der Waals surface area contributed by atoms with Crippen LogP contribution in [0.2, 0.25) is 0 Å². The average molecular weight is 280 g/mol. The van der Waals surface area contributed by atoms with Crippen LogP contribution in [0.5, 0.6) is 0 Å². The Labute approximate surface area is 124 Å². The van der Waals surface area contributed by atoms with Gasteiger partial charge in [0.25, 0.3) is 0 Å². The van der Waals surface area contributed by atoms with E-state index in [9.17, 15) is 4.79 Å². The molecule has 3 nitrogen and oxygen atoms in total. The fourth-order valence-electron chi connectivity index (χ4n) is 4.73. The van der Waals surface area contributed by atoms with Gasteiger partial charge in [-0.25, -0.2) is 0 Å². The fourth-order valence-corrected chi connectivity index (χ4v) is 4.73. The molecule has 1 aromatic heterocycles. The second-order valence-corrected chi connectivity index (χ2v) is 6.51. The van der Waals surface area contributed by atoms with Crippen molar-refractivity contribution in [3.63, 3.8) is 0 Å². The van der Waals surface area contributed by atoms with Crippen molar-refractivity contribution in [2.75, 3.05) is 0 Å². The number of benzene rings is 1. The van der Waals surface area contributed by atoms with Crippen molar-refractivity contribution in [2.24, 2.45) is 5.41 Å². The first-order valence-corrected chi connectivity index (χ1v) is 7.81. The van der Waals surface area contributed by atoms with Crippen LogP contribution >= 0.6 is 0 Å². The molecule has 0 spiro atoms. The number of carbonyl (C=O) groups is 1. The molecule has 2 atom stereocenters. The first-order valence-electron chi connectivity index (χ1n) is 7.81. The van der Waals surface area contributed by atoms with Crippen molar-refractivity contribution in [1.82, 2.24) is 10.2 Å². The third-order valence-electron chi connectivity index (χ3n) is 5.92. The third kappa shape index (κ3) is 1.39. The second kappa shape index (κ2) is 4.06. The minimum absolute atomic E-state index is 0.131. The molecule has 21 heavy (non-hydrogen) atoms. The summed E-state index contributed by atoms with van der Waals surface area (Å²) in [6.07, 6.45) is 4.69. The lowest BCUT2D eigenvalue weighted by atomic mass is 9.64. The molecule has 108 valence electrons. The first-order chi connectivity index (χ1) is 10.1. The Morgan fingerprint density at radius 2 is 2.24 bits per heavy atom. The SMILES string of the molecule is CCC12CCC(=O)C(C)=C1c1ccc3[nH]ncc3c1C2C. The molecule has 0 aliphatic heterocycles. The molecule has 0 bridgehead atoms. The van der Waals surface area contributed by atoms with Crippen molar-refractivity contribution in [2.45, 2.75) is 46.0 Å². The molecule has 1 heterocycles. The van der Waals surface area contributed by atoms with Crippen LogP contribution < -0.4 is 0 Å². The summed E-state index contributed by atoms with van der Waals surface area (Å²) in [7, 11) is 0. The van der Waals surface area contributed by atoms with Gasteiger partial charge in [-0.3, -0.25) is 9.89 Å². The molecule has 0 amide bonds. The van der Waals surface area contributed by atoms with E-state index in [1.165, 1.54) is 22.1 Å². The number of aromatic nitrogens is 2. The molecule has 1 N–H and O–H groups in total. The van der Waals surface area contributed by atoms with E-state index >= 15 is 0 Å². The van der Waals surface area contributed by atoms with Crippen LogP contribution in [0.4, 0.5) is 0 Å². The largest absolute Gasteiger partial charge is 0.295 e. The van der Waals surface area contributed by atoms with E-state index in [1.54, 1.807) is 0 Å². The number of hydrogen-bond acceptors (Lipinski definition) is 2. The summed E-state index contributed by atoms with van der Waals surface area (Å²) >= 11 is 0. The lowest BCUT2D eigenvalue weighted by molar-refractivity contribution is -0.116. The number of H-pyrrole nitrogens is 1. The van der Waals surface area contributed by atoms with Gasteiger partial charge in [0.1, 0.15) is 0 Å². The Morgan fingerprint density at radius 1 is 1.43 bits per heavy atom. The van der Waals surface area contributed by atoms with Crippen molar-refractivity contribution in [3.05, 3.63) is 35.0 Å². The van der Waals surface area contributed by atoms with Gasteiger partial charge in [-0.1, -0.05) is 19.9 Å². The Bertz CT molecular complexity index is 799. The summed E-state index contributed by atoms with van der Waals surface area (Å²) < 4.78 is 0. The lowest BCUT2D eigenvalue weighted by Gasteiger charge is -2.38. The standard InChI is InChI=1S/C18H20N2O/c1-4-18-8-7-15(21)10(2)17(18)12-5-6-14-13(9-19-20-14)16(12)11(18)3/h5-6,9,11H,4,7-8H2,1-3H3,(H,19,20). The summed E-state index contributed by atoms with van der Waals surface area (Å²) in [5.41, 5.74) is 6.18. The zero-order valence-corrected chi connectivity index (χ0v) is 12.8. The van der Waals surface area contributed by atoms with Gasteiger partial charge >= 0.3 is 0 Å². The van der Waals surface area contributed by atoms with E-state index in [2.05, 4.69) is 36.2 Å². The number of fused-ring (bicyclic) bond motifs is 5. The predicted octanol–water partition coefficient (Wildman–Crippen LogP) is 4.21. The minimum atomic E-state index is 0.131. The normalized spacial score (nSPS) is 28.1. The molecule has 2 aliphatic rings. The number of carbonyl (C=O) groups excluding carboxylic acids is 1. The molecule has 0 saturated heterocycles. The summed E-state index contributed by atoms with van der Waals surface area (Å²) in [5, 5.41) is 8.49. The number of hydrogen-bond donors (Lipinski definition) is 1. The number of allylic oxidation sites excluding steroid dienone is 2.